The molecule has 6 rings (SSSR count). The number of urea groups is 1. The molecule has 17 nitrogen and oxygen atoms in total. The maximum Gasteiger partial charge on any atom is 1.00 e. The molecule has 5 N–H and O–H groups in total. The molecule has 6 aromatic rings. The van der Waals surface area contributed by atoms with E-state index in [4.69, 9.17) is 0 Å². The molecule has 0 aliphatic heterocycles. The number of fused-ring (bicyclic) bond motifs is 2. The molecule has 21 heteroatoms. The normalized spacial score (nSPS) is 11.6. The number of hydrogen-bond donors (Lipinski definition) is 5. The van der Waals surface area contributed by atoms with Gasteiger partial charge in [-0.1, -0.05) is 18.2 Å². The Labute approximate surface area is 363 Å². The summed E-state index contributed by atoms with van der Waals surface area (Å²) in [5, 5.41) is 45.2. The van der Waals surface area contributed by atoms with Crippen molar-refractivity contribution >= 4 is 93.5 Å². The molecule has 0 bridgehead atoms. The van der Waals surface area contributed by atoms with Crippen LogP contribution in [0, 0.1) is 0 Å². The van der Waals surface area contributed by atoms with Crippen molar-refractivity contribution in [1.82, 2.24) is 0 Å². The molecule has 0 saturated carbocycles. The molecular formula is C35H25N7Na2O10S2. The molecule has 0 unspecified atom stereocenters. The standard InChI is InChI=1S/C35H27N7O10S2.2Na/c1-19(43)36-22-7-9-24(10-8-22)40-42-32-30(54(50,51)52)18-21-16-26(12-14-28(21)34(32)45)38-35(46)37-25-11-13-27-20(15-25)17-29(53(47,48)49)31(33(27)44)41-39-23-5-3-2-4-6-23;;/h2-18,44-45H,1H3,(H,36,43)(H2,37,38,46)(H,47,48,49)(H,50,51,52);;/q;2*+1/p-2. The van der Waals surface area contributed by atoms with Crippen molar-refractivity contribution in [1.29, 1.82) is 0 Å². The Hall–Kier alpha value is -4.80. The van der Waals surface area contributed by atoms with Gasteiger partial charge in [-0.05, 0) is 95.7 Å². The molecule has 274 valence electrons. The molecule has 0 fully saturated rings. The van der Waals surface area contributed by atoms with E-state index in [9.17, 15) is 45.7 Å². The Morgan fingerprint density at radius 3 is 1.38 bits per heavy atom. The Morgan fingerprint density at radius 2 is 0.964 bits per heavy atom. The molecule has 0 aliphatic rings. The van der Waals surface area contributed by atoms with Crippen LogP contribution in [-0.2, 0) is 25.0 Å². The minimum absolute atomic E-state index is 0. The predicted molar refractivity (Wildman–Crippen MR) is 195 cm³/mol. The van der Waals surface area contributed by atoms with Gasteiger partial charge in [-0.25, -0.2) is 21.6 Å². The van der Waals surface area contributed by atoms with Gasteiger partial charge in [-0.2, -0.15) is 10.2 Å². The van der Waals surface area contributed by atoms with Gasteiger partial charge in [0.25, 0.3) is 0 Å². The number of benzene rings is 6. The van der Waals surface area contributed by atoms with Gasteiger partial charge in [0, 0.05) is 34.8 Å². The quantitative estimate of drug-likeness (QED) is 0.0800. The van der Waals surface area contributed by atoms with E-state index in [1.54, 1.807) is 30.3 Å². The minimum Gasteiger partial charge on any atom is -0.744 e. The Kier molecular flexibility index (Phi) is 14.1. The van der Waals surface area contributed by atoms with Crippen LogP contribution >= 0.6 is 0 Å². The molecule has 0 spiro atoms. The monoisotopic (exact) mass is 813 g/mol. The zero-order valence-electron chi connectivity index (χ0n) is 29.6. The van der Waals surface area contributed by atoms with Crippen LogP contribution in [0.5, 0.6) is 11.5 Å². The molecule has 3 amide bonds. The average Bonchev–Trinajstić information content (AvgIpc) is 3.10. The van der Waals surface area contributed by atoms with Gasteiger partial charge in [0.2, 0.25) is 5.91 Å². The number of phenols is 2. The van der Waals surface area contributed by atoms with E-state index in [2.05, 4.69) is 36.4 Å². The fourth-order valence-corrected chi connectivity index (χ4v) is 6.54. The topological polar surface area (TPSA) is 275 Å². The Balaban J connectivity index is 0.00000348. The van der Waals surface area contributed by atoms with Crippen LogP contribution in [0.4, 0.5) is 44.6 Å². The molecule has 6 aromatic carbocycles. The van der Waals surface area contributed by atoms with Crippen LogP contribution in [0.2, 0.25) is 0 Å². The second-order valence-corrected chi connectivity index (χ2v) is 14.2. The molecule has 0 aromatic heterocycles. The van der Waals surface area contributed by atoms with Gasteiger partial charge in [0.1, 0.15) is 31.6 Å². The van der Waals surface area contributed by atoms with Crippen molar-refractivity contribution in [3.8, 4) is 11.5 Å². The molecule has 0 aliphatic carbocycles. The second kappa shape index (κ2) is 18.0. The van der Waals surface area contributed by atoms with E-state index >= 15 is 0 Å². The maximum atomic E-state index is 13.0. The summed E-state index contributed by atoms with van der Waals surface area (Å²) < 4.78 is 73.0. The molecule has 0 atom stereocenters. The van der Waals surface area contributed by atoms with Gasteiger partial charge < -0.3 is 35.3 Å². The SMILES string of the molecule is CC(=O)Nc1ccc(N=Nc2c(S(=O)(=O)[O-])cc3cc(NC(=O)Nc4ccc5c(O)c(N=Nc6ccccc6)c(S(=O)(=O)[O-])cc5c4)ccc3c2O)cc1.[Na+].[Na+]. The van der Waals surface area contributed by atoms with Crippen molar-refractivity contribution in [3.63, 3.8) is 0 Å². The third-order valence-electron chi connectivity index (χ3n) is 7.63. The summed E-state index contributed by atoms with van der Waals surface area (Å²) in [7, 11) is -10.3. The maximum absolute atomic E-state index is 13.0. The number of rotatable bonds is 9. The Bertz CT molecular complexity index is 2770. The summed E-state index contributed by atoms with van der Waals surface area (Å²) in [5.41, 5.74) is 0.0876. The van der Waals surface area contributed by atoms with Crippen molar-refractivity contribution in [2.45, 2.75) is 16.7 Å². The van der Waals surface area contributed by atoms with E-state index in [-0.39, 0.29) is 104 Å². The number of azo groups is 2. The Morgan fingerprint density at radius 1 is 0.554 bits per heavy atom. The summed E-state index contributed by atoms with van der Waals surface area (Å²) in [6.07, 6.45) is 0. The number of carbonyl (C=O) groups is 2. The summed E-state index contributed by atoms with van der Waals surface area (Å²) in [6.45, 7) is 1.33. The predicted octanol–water partition coefficient (Wildman–Crippen LogP) is 1.65. The second-order valence-electron chi connectivity index (χ2n) is 11.5. The van der Waals surface area contributed by atoms with E-state index in [1.807, 2.05) is 0 Å². The minimum atomic E-state index is -5.20. The van der Waals surface area contributed by atoms with Gasteiger partial charge in [0.05, 0.1) is 21.2 Å². The van der Waals surface area contributed by atoms with Gasteiger partial charge in [-0.15, -0.1) is 10.2 Å². The van der Waals surface area contributed by atoms with Crippen molar-refractivity contribution < 1.29 is 105 Å². The molecule has 0 heterocycles. The zero-order chi connectivity index (χ0) is 38.8. The summed E-state index contributed by atoms with van der Waals surface area (Å²) in [4.78, 5) is 22.5. The van der Waals surface area contributed by atoms with Crippen molar-refractivity contribution in [3.05, 3.63) is 103 Å². The first kappa shape index (κ1) is 43.9. The summed E-state index contributed by atoms with van der Waals surface area (Å²) in [6, 6.07) is 23.4. The van der Waals surface area contributed by atoms with Gasteiger partial charge >= 0.3 is 65.1 Å². The van der Waals surface area contributed by atoms with Gasteiger partial charge in [-0.3, -0.25) is 4.79 Å². The third kappa shape index (κ3) is 10.3. The summed E-state index contributed by atoms with van der Waals surface area (Å²) in [5.74, 6) is -1.59. The first-order chi connectivity index (χ1) is 25.6. The van der Waals surface area contributed by atoms with Crippen LogP contribution in [0.25, 0.3) is 21.5 Å². The van der Waals surface area contributed by atoms with Crippen LogP contribution in [0.1, 0.15) is 6.92 Å². The number of aromatic hydroxyl groups is 2. The van der Waals surface area contributed by atoms with Crippen molar-refractivity contribution in [2.75, 3.05) is 16.0 Å². The van der Waals surface area contributed by atoms with E-state index in [0.29, 0.717) is 11.4 Å². The van der Waals surface area contributed by atoms with Crippen LogP contribution in [0.3, 0.4) is 0 Å². The third-order valence-corrected chi connectivity index (χ3v) is 9.33. The number of nitrogens with one attached hydrogen (secondary N) is 3. The van der Waals surface area contributed by atoms with Crippen LogP contribution in [0.15, 0.2) is 133 Å². The molecule has 56 heavy (non-hydrogen) atoms. The smallest absolute Gasteiger partial charge is 0.744 e. The van der Waals surface area contributed by atoms with Crippen LogP contribution < -0.4 is 75.1 Å². The van der Waals surface area contributed by atoms with Crippen LogP contribution in [-0.4, -0.2) is 48.1 Å². The molecule has 0 radical (unpaired) electrons. The summed E-state index contributed by atoms with van der Waals surface area (Å²) >= 11 is 0. The number of phenolic OH excluding ortho intramolecular Hbond substituents is 2. The fourth-order valence-electron chi connectivity index (χ4n) is 5.25. The van der Waals surface area contributed by atoms with E-state index in [0.717, 1.165) is 12.1 Å². The van der Waals surface area contributed by atoms with E-state index < -0.39 is 58.9 Å². The van der Waals surface area contributed by atoms with Gasteiger partial charge in [0.15, 0.2) is 11.5 Å². The largest absolute Gasteiger partial charge is 1.00 e. The molecular weight excluding hydrogens is 789 g/mol. The number of amides is 3. The molecule has 0 saturated heterocycles. The van der Waals surface area contributed by atoms with E-state index in [1.165, 1.54) is 67.6 Å². The number of hydrogen-bond acceptors (Lipinski definition) is 14. The average molecular weight is 814 g/mol. The number of anilines is 3. The zero-order valence-corrected chi connectivity index (χ0v) is 35.2. The first-order valence-corrected chi connectivity index (χ1v) is 18.2. The first-order valence-electron chi connectivity index (χ1n) is 15.4. The number of nitrogens with zero attached hydrogens (tertiary/aromatic N) is 4. The number of carbonyl (C=O) groups excluding carboxylic acids is 2. The fraction of sp³-hybridized carbons (Fsp3) is 0.0286. The van der Waals surface area contributed by atoms with Crippen molar-refractivity contribution in [2.24, 2.45) is 20.5 Å².